The summed E-state index contributed by atoms with van der Waals surface area (Å²) in [5.41, 5.74) is 0.245. The van der Waals surface area contributed by atoms with E-state index in [1.807, 2.05) is 0 Å². The van der Waals surface area contributed by atoms with Gasteiger partial charge in [-0.05, 0) is 49.3 Å². The van der Waals surface area contributed by atoms with Crippen LogP contribution in [0, 0.1) is 17.7 Å². The molecule has 2 rings (SSSR count). The molecule has 0 radical (unpaired) electrons. The number of hydrogen-bond donors (Lipinski definition) is 0. The smallest absolute Gasteiger partial charge is 0.192 e. The summed E-state index contributed by atoms with van der Waals surface area (Å²) in [6.45, 7) is 4.45. The van der Waals surface area contributed by atoms with Crippen molar-refractivity contribution in [1.29, 1.82) is 0 Å². The molecule has 0 spiro atoms. The Morgan fingerprint density at radius 1 is 1.29 bits per heavy atom. The summed E-state index contributed by atoms with van der Waals surface area (Å²) in [6.07, 6.45) is 3.22. The highest BCUT2D eigenvalue weighted by Crippen LogP contribution is 2.31. The van der Waals surface area contributed by atoms with Crippen molar-refractivity contribution in [1.82, 2.24) is 0 Å². The van der Waals surface area contributed by atoms with Gasteiger partial charge in [0.15, 0.2) is 5.78 Å². The van der Waals surface area contributed by atoms with E-state index in [0.717, 1.165) is 19.3 Å². The molecular formula is C17H23FO3. The standard InChI is InChI=1S/C17H23FO3/c1-11-4-6-14(8-12(11)2)21-10-16(19)15-9-13(18)5-7-17(15)20-3/h5,7,9,11-12,14H,4,6,8,10H2,1-3H3. The average Bonchev–Trinajstić information content (AvgIpc) is 2.48. The van der Waals surface area contributed by atoms with Crippen LogP contribution in [-0.4, -0.2) is 25.6 Å². The largest absolute Gasteiger partial charge is 0.496 e. The van der Waals surface area contributed by atoms with Crippen LogP contribution in [0.15, 0.2) is 18.2 Å². The summed E-state index contributed by atoms with van der Waals surface area (Å²) in [6, 6.07) is 3.95. The molecule has 0 amide bonds. The molecule has 1 aliphatic rings. The van der Waals surface area contributed by atoms with Gasteiger partial charge < -0.3 is 9.47 Å². The van der Waals surface area contributed by atoms with Crippen LogP contribution in [-0.2, 0) is 4.74 Å². The fourth-order valence-corrected chi connectivity index (χ4v) is 2.82. The van der Waals surface area contributed by atoms with Crippen LogP contribution in [0.5, 0.6) is 5.75 Å². The van der Waals surface area contributed by atoms with Gasteiger partial charge in [-0.1, -0.05) is 13.8 Å². The van der Waals surface area contributed by atoms with E-state index in [-0.39, 0.29) is 24.1 Å². The minimum Gasteiger partial charge on any atom is -0.496 e. The number of halogens is 1. The predicted molar refractivity (Wildman–Crippen MR) is 79.2 cm³/mol. The number of ketones is 1. The molecule has 1 aliphatic carbocycles. The normalized spacial score (nSPS) is 25.6. The molecule has 116 valence electrons. The Bertz CT molecular complexity index is 501. The Labute approximate surface area is 125 Å². The van der Waals surface area contributed by atoms with Gasteiger partial charge in [-0.15, -0.1) is 0 Å². The second-order valence-electron chi connectivity index (χ2n) is 5.97. The molecule has 1 saturated carbocycles. The van der Waals surface area contributed by atoms with E-state index in [9.17, 15) is 9.18 Å². The predicted octanol–water partition coefficient (Wildman–Crippen LogP) is 3.86. The molecule has 0 aromatic heterocycles. The van der Waals surface area contributed by atoms with Crippen molar-refractivity contribution in [2.75, 3.05) is 13.7 Å². The molecule has 4 heteroatoms. The third-order valence-corrected chi connectivity index (χ3v) is 4.46. The molecule has 1 aromatic carbocycles. The first-order valence-electron chi connectivity index (χ1n) is 7.49. The van der Waals surface area contributed by atoms with E-state index in [1.165, 1.54) is 25.3 Å². The van der Waals surface area contributed by atoms with Crippen LogP contribution in [0.2, 0.25) is 0 Å². The van der Waals surface area contributed by atoms with Gasteiger partial charge in [0.2, 0.25) is 0 Å². The summed E-state index contributed by atoms with van der Waals surface area (Å²) in [4.78, 5) is 12.2. The van der Waals surface area contributed by atoms with Gasteiger partial charge in [-0.2, -0.15) is 0 Å². The minimum absolute atomic E-state index is 0.0222. The zero-order valence-electron chi connectivity index (χ0n) is 12.9. The van der Waals surface area contributed by atoms with E-state index >= 15 is 0 Å². The van der Waals surface area contributed by atoms with Crippen molar-refractivity contribution >= 4 is 5.78 Å². The van der Waals surface area contributed by atoms with Crippen LogP contribution >= 0.6 is 0 Å². The Balaban J connectivity index is 1.94. The summed E-state index contributed by atoms with van der Waals surface area (Å²) < 4.78 is 24.1. The van der Waals surface area contributed by atoms with Crippen LogP contribution in [0.1, 0.15) is 43.5 Å². The molecule has 0 heterocycles. The molecule has 0 saturated heterocycles. The highest BCUT2D eigenvalue weighted by Gasteiger charge is 2.26. The number of hydrogen-bond acceptors (Lipinski definition) is 3. The van der Waals surface area contributed by atoms with Crippen LogP contribution in [0.3, 0.4) is 0 Å². The molecule has 1 aromatic rings. The van der Waals surface area contributed by atoms with Crippen molar-refractivity contribution < 1.29 is 18.7 Å². The molecule has 21 heavy (non-hydrogen) atoms. The SMILES string of the molecule is COc1ccc(F)cc1C(=O)COC1CCC(C)C(C)C1. The number of Topliss-reactive ketones (excluding diaryl/α,β-unsaturated/α-hetero) is 1. The molecule has 0 bridgehead atoms. The second kappa shape index (κ2) is 7.03. The highest BCUT2D eigenvalue weighted by atomic mass is 19.1. The maximum atomic E-state index is 13.3. The lowest BCUT2D eigenvalue weighted by atomic mass is 9.80. The molecular weight excluding hydrogens is 271 g/mol. The lowest BCUT2D eigenvalue weighted by molar-refractivity contribution is 0.00698. The zero-order valence-corrected chi connectivity index (χ0v) is 12.9. The van der Waals surface area contributed by atoms with E-state index in [4.69, 9.17) is 9.47 Å². The Morgan fingerprint density at radius 2 is 2.05 bits per heavy atom. The van der Waals surface area contributed by atoms with Crippen molar-refractivity contribution in [3.8, 4) is 5.75 Å². The number of ether oxygens (including phenoxy) is 2. The van der Waals surface area contributed by atoms with E-state index in [0.29, 0.717) is 17.6 Å². The maximum absolute atomic E-state index is 13.3. The number of carbonyl (C=O) groups is 1. The lowest BCUT2D eigenvalue weighted by Crippen LogP contribution is -2.28. The van der Waals surface area contributed by atoms with Crippen LogP contribution < -0.4 is 4.74 Å². The Morgan fingerprint density at radius 3 is 2.71 bits per heavy atom. The fourth-order valence-electron chi connectivity index (χ4n) is 2.82. The summed E-state index contributed by atoms with van der Waals surface area (Å²) in [7, 11) is 1.47. The molecule has 0 N–H and O–H groups in total. The number of rotatable bonds is 5. The van der Waals surface area contributed by atoms with Gasteiger partial charge in [0.25, 0.3) is 0 Å². The second-order valence-corrected chi connectivity index (χ2v) is 5.97. The van der Waals surface area contributed by atoms with Crippen molar-refractivity contribution in [2.24, 2.45) is 11.8 Å². The Hall–Kier alpha value is -1.42. The fraction of sp³-hybridized carbons (Fsp3) is 0.588. The molecule has 3 unspecified atom stereocenters. The monoisotopic (exact) mass is 294 g/mol. The topological polar surface area (TPSA) is 35.5 Å². The van der Waals surface area contributed by atoms with Gasteiger partial charge in [-0.25, -0.2) is 4.39 Å². The highest BCUT2D eigenvalue weighted by molar-refractivity contribution is 5.99. The molecule has 3 atom stereocenters. The van der Waals surface area contributed by atoms with Crippen molar-refractivity contribution in [3.63, 3.8) is 0 Å². The van der Waals surface area contributed by atoms with Gasteiger partial charge in [-0.3, -0.25) is 4.79 Å². The van der Waals surface area contributed by atoms with Gasteiger partial charge in [0.1, 0.15) is 18.2 Å². The maximum Gasteiger partial charge on any atom is 0.192 e. The number of benzene rings is 1. The summed E-state index contributed by atoms with van der Waals surface area (Å²) >= 11 is 0. The number of methoxy groups -OCH3 is 1. The lowest BCUT2D eigenvalue weighted by Gasteiger charge is -2.31. The third-order valence-electron chi connectivity index (χ3n) is 4.46. The molecule has 3 nitrogen and oxygen atoms in total. The van der Waals surface area contributed by atoms with Gasteiger partial charge >= 0.3 is 0 Å². The summed E-state index contributed by atoms with van der Waals surface area (Å²) in [5.74, 6) is 1.03. The van der Waals surface area contributed by atoms with Crippen LogP contribution in [0.4, 0.5) is 4.39 Å². The average molecular weight is 294 g/mol. The molecule has 1 fully saturated rings. The van der Waals surface area contributed by atoms with E-state index < -0.39 is 5.82 Å². The van der Waals surface area contributed by atoms with Gasteiger partial charge in [0.05, 0.1) is 18.8 Å². The quantitative estimate of drug-likeness (QED) is 0.774. The third kappa shape index (κ3) is 4.03. The van der Waals surface area contributed by atoms with Crippen molar-refractivity contribution in [3.05, 3.63) is 29.6 Å². The first-order valence-corrected chi connectivity index (χ1v) is 7.49. The minimum atomic E-state index is -0.445. The van der Waals surface area contributed by atoms with Crippen LogP contribution in [0.25, 0.3) is 0 Å². The van der Waals surface area contributed by atoms with Crippen molar-refractivity contribution in [2.45, 2.75) is 39.2 Å². The first kappa shape index (κ1) is 16.0. The zero-order chi connectivity index (χ0) is 15.4. The van der Waals surface area contributed by atoms with E-state index in [1.54, 1.807) is 0 Å². The first-order chi connectivity index (χ1) is 10.0. The Kier molecular flexibility index (Phi) is 5.34. The van der Waals surface area contributed by atoms with Gasteiger partial charge in [0, 0.05) is 0 Å². The molecule has 0 aliphatic heterocycles. The number of carbonyl (C=O) groups excluding carboxylic acids is 1. The summed E-state index contributed by atoms with van der Waals surface area (Å²) in [5, 5.41) is 0. The van der Waals surface area contributed by atoms with E-state index in [2.05, 4.69) is 13.8 Å².